The van der Waals surface area contributed by atoms with Gasteiger partial charge < -0.3 is 14.8 Å². The maximum Gasteiger partial charge on any atom is 0.266 e. The Bertz CT molecular complexity index is 1350. The third-order valence-electron chi connectivity index (χ3n) is 5.85. The Morgan fingerprint density at radius 1 is 1.03 bits per heavy atom. The molecule has 1 saturated heterocycles. The highest BCUT2D eigenvalue weighted by Crippen LogP contribution is 2.34. The van der Waals surface area contributed by atoms with Gasteiger partial charge in [0.05, 0.1) is 23.7 Å². The van der Waals surface area contributed by atoms with E-state index in [0.717, 1.165) is 22.5 Å². The van der Waals surface area contributed by atoms with Crippen molar-refractivity contribution in [3.05, 3.63) is 94.4 Å². The van der Waals surface area contributed by atoms with Gasteiger partial charge in [-0.3, -0.25) is 14.5 Å². The molecular weight excluding hydrogens is 498 g/mol. The Labute approximate surface area is 227 Å². The van der Waals surface area contributed by atoms with Gasteiger partial charge in [0.1, 0.15) is 5.75 Å². The quantitative estimate of drug-likeness (QED) is 0.259. The van der Waals surface area contributed by atoms with Gasteiger partial charge in [0.2, 0.25) is 0 Å². The van der Waals surface area contributed by atoms with Gasteiger partial charge in [-0.15, -0.1) is 0 Å². The van der Waals surface area contributed by atoms with Crippen LogP contribution in [0.1, 0.15) is 23.6 Å². The van der Waals surface area contributed by atoms with Crippen molar-refractivity contribution < 1.29 is 19.1 Å². The molecule has 0 radical (unpaired) electrons. The van der Waals surface area contributed by atoms with E-state index in [0.29, 0.717) is 35.6 Å². The summed E-state index contributed by atoms with van der Waals surface area (Å²) in [6.07, 6.45) is 1.82. The number of benzene rings is 3. The van der Waals surface area contributed by atoms with E-state index in [-0.39, 0.29) is 18.4 Å². The molecule has 1 aliphatic rings. The van der Waals surface area contributed by atoms with Crippen LogP contribution in [-0.2, 0) is 14.3 Å². The first-order valence-electron chi connectivity index (χ1n) is 12.5. The molecule has 7 nitrogen and oxygen atoms in total. The topological polar surface area (TPSA) is 80.2 Å². The van der Waals surface area contributed by atoms with Gasteiger partial charge in [-0.05, 0) is 91.7 Å². The number of rotatable bonds is 10. The molecule has 38 heavy (non-hydrogen) atoms. The molecule has 196 valence electrons. The van der Waals surface area contributed by atoms with E-state index in [1.807, 2.05) is 87.5 Å². The SMILES string of the molecule is CCOCCN1C(=O)/C(=C/c2cccc(OCC(=O)Nc3ccc(C)c(C)c3)c2)SC1=Nc1ccccc1. The second-order valence-electron chi connectivity index (χ2n) is 8.70. The molecule has 1 aliphatic heterocycles. The van der Waals surface area contributed by atoms with E-state index in [1.54, 1.807) is 17.0 Å². The summed E-state index contributed by atoms with van der Waals surface area (Å²) in [6.45, 7) is 7.26. The maximum atomic E-state index is 13.2. The minimum absolute atomic E-state index is 0.122. The third kappa shape index (κ3) is 7.34. The van der Waals surface area contributed by atoms with Gasteiger partial charge in [0.25, 0.3) is 11.8 Å². The first kappa shape index (κ1) is 27.2. The molecule has 3 aromatic carbocycles. The number of thioether (sulfide) groups is 1. The fourth-order valence-corrected chi connectivity index (χ4v) is 4.74. The lowest BCUT2D eigenvalue weighted by atomic mass is 10.1. The van der Waals surface area contributed by atoms with E-state index in [2.05, 4.69) is 5.32 Å². The van der Waals surface area contributed by atoms with Crippen LogP contribution in [0.4, 0.5) is 11.4 Å². The maximum absolute atomic E-state index is 13.2. The van der Waals surface area contributed by atoms with Crippen molar-refractivity contribution in [1.29, 1.82) is 0 Å². The number of hydrogen-bond donors (Lipinski definition) is 1. The molecule has 0 atom stereocenters. The summed E-state index contributed by atoms with van der Waals surface area (Å²) in [5.74, 6) is 0.171. The van der Waals surface area contributed by atoms with Crippen molar-refractivity contribution >= 4 is 46.2 Å². The summed E-state index contributed by atoms with van der Waals surface area (Å²) < 4.78 is 11.2. The summed E-state index contributed by atoms with van der Waals surface area (Å²) in [4.78, 5) is 32.5. The summed E-state index contributed by atoms with van der Waals surface area (Å²) in [6, 6.07) is 22.6. The molecule has 4 rings (SSSR count). The molecule has 0 unspecified atom stereocenters. The van der Waals surface area contributed by atoms with E-state index >= 15 is 0 Å². The highest BCUT2D eigenvalue weighted by molar-refractivity contribution is 8.18. The molecule has 1 N–H and O–H groups in total. The number of aliphatic imine (C=N–C) groups is 1. The van der Waals surface area contributed by atoms with Crippen molar-refractivity contribution in [2.45, 2.75) is 20.8 Å². The second kappa shape index (κ2) is 13.1. The lowest BCUT2D eigenvalue weighted by molar-refractivity contribution is -0.122. The highest BCUT2D eigenvalue weighted by Gasteiger charge is 2.33. The van der Waals surface area contributed by atoms with Gasteiger partial charge in [-0.25, -0.2) is 4.99 Å². The van der Waals surface area contributed by atoms with Crippen molar-refractivity contribution in [3.63, 3.8) is 0 Å². The Hall–Kier alpha value is -3.88. The fourth-order valence-electron chi connectivity index (χ4n) is 3.71. The van der Waals surface area contributed by atoms with Crippen molar-refractivity contribution in [1.82, 2.24) is 4.90 Å². The number of nitrogens with one attached hydrogen (secondary N) is 1. The average Bonchev–Trinajstić information content (AvgIpc) is 3.19. The van der Waals surface area contributed by atoms with Crippen LogP contribution in [0.25, 0.3) is 6.08 Å². The molecule has 2 amide bonds. The zero-order valence-electron chi connectivity index (χ0n) is 21.8. The van der Waals surface area contributed by atoms with Gasteiger partial charge >= 0.3 is 0 Å². The molecule has 1 heterocycles. The zero-order valence-corrected chi connectivity index (χ0v) is 22.6. The molecule has 0 aromatic heterocycles. The van der Waals surface area contributed by atoms with Crippen molar-refractivity contribution in [3.8, 4) is 5.75 Å². The van der Waals surface area contributed by atoms with Crippen LogP contribution in [0.15, 0.2) is 82.7 Å². The van der Waals surface area contributed by atoms with Crippen molar-refractivity contribution in [2.75, 3.05) is 31.7 Å². The van der Waals surface area contributed by atoms with Crippen LogP contribution in [0.5, 0.6) is 5.75 Å². The lowest BCUT2D eigenvalue weighted by Gasteiger charge is -2.15. The van der Waals surface area contributed by atoms with E-state index in [4.69, 9.17) is 14.5 Å². The van der Waals surface area contributed by atoms with Gasteiger partial charge in [-0.2, -0.15) is 0 Å². The van der Waals surface area contributed by atoms with E-state index in [1.165, 1.54) is 17.3 Å². The molecular formula is C30H31N3O4S. The van der Waals surface area contributed by atoms with Gasteiger partial charge in [-0.1, -0.05) is 36.4 Å². The number of carbonyl (C=O) groups excluding carboxylic acids is 2. The number of nitrogens with zero attached hydrogens (tertiary/aromatic N) is 2. The summed E-state index contributed by atoms with van der Waals surface area (Å²) in [5, 5.41) is 3.47. The van der Waals surface area contributed by atoms with Crippen molar-refractivity contribution in [2.24, 2.45) is 4.99 Å². The molecule has 0 bridgehead atoms. The smallest absolute Gasteiger partial charge is 0.266 e. The van der Waals surface area contributed by atoms with Gasteiger partial charge in [0, 0.05) is 12.3 Å². The van der Waals surface area contributed by atoms with Crippen LogP contribution >= 0.6 is 11.8 Å². The molecule has 1 fully saturated rings. The van der Waals surface area contributed by atoms with Gasteiger partial charge in [0.15, 0.2) is 11.8 Å². The number of hydrogen-bond acceptors (Lipinski definition) is 6. The van der Waals surface area contributed by atoms with Crippen LogP contribution in [0.3, 0.4) is 0 Å². The van der Waals surface area contributed by atoms with E-state index < -0.39 is 0 Å². The van der Waals surface area contributed by atoms with E-state index in [9.17, 15) is 9.59 Å². The van der Waals surface area contributed by atoms with Crippen LogP contribution in [-0.4, -0.2) is 48.2 Å². The predicted molar refractivity (Wildman–Crippen MR) is 154 cm³/mol. The highest BCUT2D eigenvalue weighted by atomic mass is 32.2. The summed E-state index contributed by atoms with van der Waals surface area (Å²) >= 11 is 1.33. The summed E-state index contributed by atoms with van der Waals surface area (Å²) in [5.41, 5.74) is 4.58. The average molecular weight is 530 g/mol. The number of amides is 2. The van der Waals surface area contributed by atoms with Crippen LogP contribution in [0.2, 0.25) is 0 Å². The number of anilines is 1. The predicted octanol–water partition coefficient (Wildman–Crippen LogP) is 5.96. The second-order valence-corrected chi connectivity index (χ2v) is 9.71. The number of carbonyl (C=O) groups is 2. The molecule has 0 spiro atoms. The Morgan fingerprint density at radius 3 is 2.61 bits per heavy atom. The first-order chi connectivity index (χ1) is 18.4. The third-order valence-corrected chi connectivity index (χ3v) is 6.86. The minimum Gasteiger partial charge on any atom is -0.484 e. The van der Waals surface area contributed by atoms with Crippen LogP contribution < -0.4 is 10.1 Å². The normalized spacial score (nSPS) is 15.3. The zero-order chi connectivity index (χ0) is 26.9. The number of amidine groups is 1. The Morgan fingerprint density at radius 2 is 1.84 bits per heavy atom. The summed E-state index contributed by atoms with van der Waals surface area (Å²) in [7, 11) is 0. The number of aryl methyl sites for hydroxylation is 2. The number of para-hydroxylation sites is 1. The molecule has 0 aliphatic carbocycles. The standard InChI is InChI=1S/C30H31N3O4S/c1-4-36-16-15-33-29(35)27(38-30(33)32-24-10-6-5-7-11-24)19-23-9-8-12-26(18-23)37-20-28(34)31-25-14-13-21(2)22(3)17-25/h5-14,17-19H,4,15-16,20H2,1-3H3,(H,31,34)/b27-19-,32-30?. The molecule has 3 aromatic rings. The number of ether oxygens (including phenoxy) is 2. The fraction of sp³-hybridized carbons (Fsp3) is 0.233. The minimum atomic E-state index is -0.245. The monoisotopic (exact) mass is 529 g/mol. The van der Waals surface area contributed by atoms with Crippen LogP contribution in [0, 0.1) is 13.8 Å². The Kier molecular flexibility index (Phi) is 9.35. The largest absolute Gasteiger partial charge is 0.484 e. The Balaban J connectivity index is 1.45. The molecule has 0 saturated carbocycles. The lowest BCUT2D eigenvalue weighted by Crippen LogP contribution is -2.32. The first-order valence-corrected chi connectivity index (χ1v) is 13.3. The molecule has 8 heteroatoms.